The van der Waals surface area contributed by atoms with Crippen LogP contribution in [0.4, 0.5) is 0 Å². The van der Waals surface area contributed by atoms with E-state index in [4.69, 9.17) is 18.5 Å². The molecule has 52 heavy (non-hydrogen) atoms. The van der Waals surface area contributed by atoms with Crippen LogP contribution in [-0.2, 0) is 32.7 Å². The highest BCUT2D eigenvalue weighted by atomic mass is 31.2. The molecular formula is C42H83NO8P+. The highest BCUT2D eigenvalue weighted by Crippen LogP contribution is 2.43. The van der Waals surface area contributed by atoms with E-state index < -0.39 is 26.5 Å². The molecule has 0 aromatic rings. The lowest BCUT2D eigenvalue weighted by Crippen LogP contribution is -2.37. The number of hydrogen-bond acceptors (Lipinski definition) is 7. The fourth-order valence-electron chi connectivity index (χ4n) is 5.89. The van der Waals surface area contributed by atoms with E-state index >= 15 is 0 Å². The van der Waals surface area contributed by atoms with Gasteiger partial charge in [0.15, 0.2) is 6.10 Å². The van der Waals surface area contributed by atoms with Crippen molar-refractivity contribution < 1.29 is 42.1 Å². The Hall–Kier alpha value is -1.25. The minimum atomic E-state index is -4.36. The summed E-state index contributed by atoms with van der Waals surface area (Å²) in [7, 11) is 1.48. The van der Waals surface area contributed by atoms with E-state index in [9.17, 15) is 19.0 Å². The second-order valence-electron chi connectivity index (χ2n) is 15.7. The number of nitrogens with zero attached hydrogens (tertiary/aromatic N) is 1. The van der Waals surface area contributed by atoms with Gasteiger partial charge in [-0.1, -0.05) is 154 Å². The number of carbonyl (C=O) groups is 2. The zero-order valence-electron chi connectivity index (χ0n) is 34.6. The van der Waals surface area contributed by atoms with Crippen LogP contribution in [0.1, 0.15) is 194 Å². The lowest BCUT2D eigenvalue weighted by atomic mass is 10.0. The van der Waals surface area contributed by atoms with Crippen molar-refractivity contribution in [3.8, 4) is 0 Å². The molecule has 0 aliphatic carbocycles. The van der Waals surface area contributed by atoms with E-state index in [1.165, 1.54) is 122 Å². The van der Waals surface area contributed by atoms with Gasteiger partial charge in [0.1, 0.15) is 19.8 Å². The van der Waals surface area contributed by atoms with Gasteiger partial charge in [0.05, 0.1) is 27.7 Å². The minimum absolute atomic E-state index is 0.0344. The molecule has 2 atom stereocenters. The van der Waals surface area contributed by atoms with Gasteiger partial charge in [0, 0.05) is 12.8 Å². The molecule has 0 aliphatic rings. The predicted molar refractivity (Wildman–Crippen MR) is 215 cm³/mol. The second-order valence-corrected chi connectivity index (χ2v) is 17.2. The molecule has 10 heteroatoms. The third-order valence-electron chi connectivity index (χ3n) is 9.30. The molecule has 0 amide bonds. The predicted octanol–water partition coefficient (Wildman–Crippen LogP) is 11.8. The molecule has 0 rings (SSSR count). The summed E-state index contributed by atoms with van der Waals surface area (Å²) in [6, 6.07) is 0. The maximum atomic E-state index is 12.5. The van der Waals surface area contributed by atoms with Crippen molar-refractivity contribution in [1.29, 1.82) is 0 Å². The number of allylic oxidation sites excluding steroid dienone is 2. The molecular weight excluding hydrogens is 677 g/mol. The maximum absolute atomic E-state index is 12.5. The summed E-state index contributed by atoms with van der Waals surface area (Å²) in [6.45, 7) is 4.38. The Labute approximate surface area is 320 Å². The summed E-state index contributed by atoms with van der Waals surface area (Å²) in [4.78, 5) is 35.1. The van der Waals surface area contributed by atoms with E-state index in [1.807, 2.05) is 21.1 Å². The summed E-state index contributed by atoms with van der Waals surface area (Å²) in [5.41, 5.74) is 0. The first-order valence-corrected chi connectivity index (χ1v) is 22.9. The Kier molecular flexibility index (Phi) is 34.6. The Balaban J connectivity index is 4.14. The summed E-state index contributed by atoms with van der Waals surface area (Å²) in [5, 5.41) is 0. The van der Waals surface area contributed by atoms with E-state index in [0.717, 1.165) is 38.5 Å². The number of unbranched alkanes of at least 4 members (excludes halogenated alkanes) is 23. The average Bonchev–Trinajstić information content (AvgIpc) is 3.09. The molecule has 0 saturated carbocycles. The number of carbonyl (C=O) groups excluding carboxylic acids is 2. The first-order chi connectivity index (χ1) is 25.0. The number of likely N-dealkylation sites (N-methyl/N-ethyl adjacent to an activating group) is 1. The van der Waals surface area contributed by atoms with E-state index in [-0.39, 0.29) is 25.6 Å². The lowest BCUT2D eigenvalue weighted by Gasteiger charge is -2.24. The van der Waals surface area contributed by atoms with Crippen molar-refractivity contribution in [2.24, 2.45) is 0 Å². The van der Waals surface area contributed by atoms with Crippen LogP contribution in [0, 0.1) is 0 Å². The van der Waals surface area contributed by atoms with Crippen LogP contribution >= 0.6 is 7.82 Å². The van der Waals surface area contributed by atoms with Crippen molar-refractivity contribution in [3.63, 3.8) is 0 Å². The van der Waals surface area contributed by atoms with Crippen LogP contribution in [0.3, 0.4) is 0 Å². The highest BCUT2D eigenvalue weighted by Gasteiger charge is 2.27. The van der Waals surface area contributed by atoms with Gasteiger partial charge in [0.25, 0.3) is 0 Å². The monoisotopic (exact) mass is 761 g/mol. The number of rotatable bonds is 39. The molecule has 1 N–H and O–H groups in total. The average molecular weight is 761 g/mol. The Morgan fingerprint density at radius 3 is 1.42 bits per heavy atom. The first-order valence-electron chi connectivity index (χ1n) is 21.4. The number of phosphoric ester groups is 1. The Morgan fingerprint density at radius 2 is 0.981 bits per heavy atom. The zero-order valence-corrected chi connectivity index (χ0v) is 35.5. The molecule has 1 unspecified atom stereocenters. The first kappa shape index (κ1) is 50.8. The third kappa shape index (κ3) is 38.5. The van der Waals surface area contributed by atoms with E-state index in [1.54, 1.807) is 0 Å². The topological polar surface area (TPSA) is 108 Å². The van der Waals surface area contributed by atoms with E-state index in [2.05, 4.69) is 26.0 Å². The van der Waals surface area contributed by atoms with Crippen molar-refractivity contribution >= 4 is 19.8 Å². The zero-order chi connectivity index (χ0) is 38.6. The van der Waals surface area contributed by atoms with Gasteiger partial charge in [-0.3, -0.25) is 18.6 Å². The van der Waals surface area contributed by atoms with Gasteiger partial charge in [-0.25, -0.2) is 4.57 Å². The van der Waals surface area contributed by atoms with Gasteiger partial charge >= 0.3 is 19.8 Å². The van der Waals surface area contributed by atoms with Gasteiger partial charge < -0.3 is 18.9 Å². The van der Waals surface area contributed by atoms with Crippen molar-refractivity contribution in [2.45, 2.75) is 200 Å². The number of quaternary nitrogens is 1. The number of esters is 2. The van der Waals surface area contributed by atoms with Crippen LogP contribution < -0.4 is 0 Å². The van der Waals surface area contributed by atoms with Gasteiger partial charge in [-0.2, -0.15) is 0 Å². The van der Waals surface area contributed by atoms with Gasteiger partial charge in [0.2, 0.25) is 0 Å². The SMILES string of the molecule is CCCCCCCC/C=C/CCCCCCCCCCCCCC(=O)OC[C@@H](COP(=O)(O)OCC[N+](C)(C)C)OC(=O)CCCCCCCCC. The smallest absolute Gasteiger partial charge is 0.462 e. The molecule has 0 aliphatic heterocycles. The highest BCUT2D eigenvalue weighted by molar-refractivity contribution is 7.47. The van der Waals surface area contributed by atoms with Crippen LogP contribution in [0.5, 0.6) is 0 Å². The molecule has 0 radical (unpaired) electrons. The molecule has 0 fully saturated rings. The second kappa shape index (κ2) is 35.5. The van der Waals surface area contributed by atoms with Gasteiger partial charge in [-0.15, -0.1) is 0 Å². The number of hydrogen-bond donors (Lipinski definition) is 1. The largest absolute Gasteiger partial charge is 0.472 e. The molecule has 9 nitrogen and oxygen atoms in total. The van der Waals surface area contributed by atoms with Crippen molar-refractivity contribution in [3.05, 3.63) is 12.2 Å². The summed E-state index contributed by atoms with van der Waals surface area (Å²) < 4.78 is 34.1. The maximum Gasteiger partial charge on any atom is 0.472 e. The normalized spacial score (nSPS) is 13.7. The van der Waals surface area contributed by atoms with Crippen molar-refractivity contribution in [1.82, 2.24) is 0 Å². The Morgan fingerprint density at radius 1 is 0.577 bits per heavy atom. The van der Waals surface area contributed by atoms with Crippen LogP contribution in [0.25, 0.3) is 0 Å². The van der Waals surface area contributed by atoms with E-state index in [0.29, 0.717) is 23.9 Å². The van der Waals surface area contributed by atoms with Crippen LogP contribution in [0.2, 0.25) is 0 Å². The van der Waals surface area contributed by atoms with Gasteiger partial charge in [-0.05, 0) is 38.5 Å². The summed E-state index contributed by atoms with van der Waals surface area (Å²) in [6.07, 6.45) is 35.7. The molecule has 0 heterocycles. The fraction of sp³-hybridized carbons (Fsp3) is 0.905. The number of ether oxygens (including phenoxy) is 2. The fourth-order valence-corrected chi connectivity index (χ4v) is 6.63. The third-order valence-corrected chi connectivity index (χ3v) is 10.3. The van der Waals surface area contributed by atoms with Crippen LogP contribution in [0.15, 0.2) is 12.2 Å². The molecule has 308 valence electrons. The molecule has 0 bridgehead atoms. The quantitative estimate of drug-likeness (QED) is 0.0217. The lowest BCUT2D eigenvalue weighted by molar-refractivity contribution is -0.870. The van der Waals surface area contributed by atoms with Crippen molar-refractivity contribution in [2.75, 3.05) is 47.5 Å². The number of phosphoric acid groups is 1. The Bertz CT molecular complexity index is 907. The standard InChI is InChI=1S/C42H82NO8P/c1-6-8-10-12-14-15-16-17-18-19-20-21-22-23-24-25-26-27-29-30-32-34-41(44)48-38-40(39-50-52(46,47)49-37-36-43(3,4)5)51-42(45)35-33-31-28-13-11-9-7-2/h17-18,40H,6-16,19-39H2,1-5H3/p+1/b18-17+/t40-/m0/s1. The molecule has 0 aromatic heterocycles. The van der Waals surface area contributed by atoms with Crippen LogP contribution in [-0.4, -0.2) is 74.9 Å². The molecule has 0 aromatic carbocycles. The summed E-state index contributed by atoms with van der Waals surface area (Å²) >= 11 is 0. The molecule has 0 saturated heterocycles. The summed E-state index contributed by atoms with van der Waals surface area (Å²) in [5.74, 6) is -0.800. The minimum Gasteiger partial charge on any atom is -0.462 e. The molecule has 0 spiro atoms.